The van der Waals surface area contributed by atoms with Crippen molar-refractivity contribution >= 4 is 35.1 Å². The third-order valence-corrected chi connectivity index (χ3v) is 4.50. The Balaban J connectivity index is 1.56. The van der Waals surface area contributed by atoms with E-state index in [9.17, 15) is 4.79 Å². The van der Waals surface area contributed by atoms with E-state index in [1.807, 2.05) is 0 Å². The van der Waals surface area contributed by atoms with Gasteiger partial charge in [0.2, 0.25) is 5.95 Å². The molecule has 1 aromatic heterocycles. The summed E-state index contributed by atoms with van der Waals surface area (Å²) in [5.41, 5.74) is 0. The second kappa shape index (κ2) is 7.89. The first-order valence-corrected chi connectivity index (χ1v) is 8.72. The number of amides is 1. The summed E-state index contributed by atoms with van der Waals surface area (Å²) >= 11 is 12.0. The van der Waals surface area contributed by atoms with Gasteiger partial charge in [-0.1, -0.05) is 23.2 Å². The highest BCUT2D eigenvalue weighted by Crippen LogP contribution is 2.28. The number of carbonyl (C=O) groups is 1. The minimum atomic E-state index is -0.627. The fraction of sp³-hybridized carbons (Fsp3) is 0.353. The second-order valence-electron chi connectivity index (χ2n) is 5.70. The molecular formula is C17H18Cl2N4O2. The molecule has 0 aliphatic carbocycles. The molecule has 1 saturated heterocycles. The van der Waals surface area contributed by atoms with Crippen LogP contribution in [0.4, 0.5) is 5.95 Å². The van der Waals surface area contributed by atoms with Gasteiger partial charge in [-0.05, 0) is 31.2 Å². The van der Waals surface area contributed by atoms with E-state index in [-0.39, 0.29) is 5.91 Å². The number of nitrogens with zero attached hydrogens (tertiary/aromatic N) is 4. The molecule has 0 N–H and O–H groups in total. The Morgan fingerprint density at radius 2 is 1.84 bits per heavy atom. The molecule has 0 saturated carbocycles. The first-order chi connectivity index (χ1) is 12.0. The van der Waals surface area contributed by atoms with Crippen LogP contribution in [0.1, 0.15) is 6.92 Å². The third-order valence-electron chi connectivity index (χ3n) is 3.97. The first kappa shape index (κ1) is 17.8. The predicted octanol–water partition coefficient (Wildman–Crippen LogP) is 2.90. The summed E-state index contributed by atoms with van der Waals surface area (Å²) in [5, 5.41) is 0.911. The Kier molecular flexibility index (Phi) is 5.60. The van der Waals surface area contributed by atoms with Crippen LogP contribution in [-0.4, -0.2) is 53.1 Å². The minimum Gasteiger partial charge on any atom is -0.479 e. The van der Waals surface area contributed by atoms with Crippen LogP contribution in [-0.2, 0) is 4.79 Å². The van der Waals surface area contributed by atoms with Gasteiger partial charge in [-0.2, -0.15) is 0 Å². The van der Waals surface area contributed by atoms with Gasteiger partial charge in [-0.15, -0.1) is 0 Å². The lowest BCUT2D eigenvalue weighted by atomic mass is 10.2. The number of hydrogen-bond acceptors (Lipinski definition) is 5. The average molecular weight is 381 g/mol. The van der Waals surface area contributed by atoms with Crippen molar-refractivity contribution in [2.75, 3.05) is 31.1 Å². The normalized spacial score (nSPS) is 15.8. The third kappa shape index (κ3) is 4.32. The van der Waals surface area contributed by atoms with Gasteiger partial charge in [-0.3, -0.25) is 4.79 Å². The molecule has 1 amide bonds. The van der Waals surface area contributed by atoms with Crippen LogP contribution in [0.2, 0.25) is 10.0 Å². The number of hydrogen-bond donors (Lipinski definition) is 0. The van der Waals surface area contributed by atoms with Crippen molar-refractivity contribution in [1.82, 2.24) is 14.9 Å². The van der Waals surface area contributed by atoms with Crippen LogP contribution in [0.25, 0.3) is 0 Å². The van der Waals surface area contributed by atoms with Crippen molar-refractivity contribution in [3.63, 3.8) is 0 Å². The van der Waals surface area contributed by atoms with Crippen molar-refractivity contribution in [2.45, 2.75) is 13.0 Å². The molecule has 25 heavy (non-hydrogen) atoms. The van der Waals surface area contributed by atoms with Gasteiger partial charge in [0.1, 0.15) is 5.75 Å². The molecule has 1 aromatic carbocycles. The Morgan fingerprint density at radius 1 is 1.16 bits per heavy atom. The molecule has 3 rings (SSSR count). The highest BCUT2D eigenvalue weighted by Gasteiger charge is 2.27. The maximum Gasteiger partial charge on any atom is 0.263 e. The molecular weight excluding hydrogens is 363 g/mol. The Hall–Kier alpha value is -2.05. The molecule has 1 atom stereocenters. The average Bonchev–Trinajstić information content (AvgIpc) is 2.64. The summed E-state index contributed by atoms with van der Waals surface area (Å²) in [6.07, 6.45) is 2.80. The highest BCUT2D eigenvalue weighted by molar-refractivity contribution is 6.35. The van der Waals surface area contributed by atoms with Crippen LogP contribution >= 0.6 is 23.2 Å². The summed E-state index contributed by atoms with van der Waals surface area (Å²) in [4.78, 5) is 24.9. The Bertz CT molecular complexity index is 737. The molecule has 2 heterocycles. The van der Waals surface area contributed by atoms with E-state index >= 15 is 0 Å². The van der Waals surface area contributed by atoms with Gasteiger partial charge < -0.3 is 14.5 Å². The summed E-state index contributed by atoms with van der Waals surface area (Å²) in [5.74, 6) is 1.06. The lowest BCUT2D eigenvalue weighted by Crippen LogP contribution is -2.52. The molecule has 6 nitrogen and oxygen atoms in total. The van der Waals surface area contributed by atoms with Crippen LogP contribution < -0.4 is 9.64 Å². The van der Waals surface area contributed by atoms with E-state index in [4.69, 9.17) is 27.9 Å². The van der Waals surface area contributed by atoms with E-state index in [0.29, 0.717) is 47.9 Å². The lowest BCUT2D eigenvalue weighted by molar-refractivity contribution is -0.138. The number of ether oxygens (including phenoxy) is 1. The number of aromatic nitrogens is 2. The number of carbonyl (C=O) groups excluding carboxylic acids is 1. The molecule has 0 radical (unpaired) electrons. The van der Waals surface area contributed by atoms with Gasteiger partial charge in [0.15, 0.2) is 6.10 Å². The number of rotatable bonds is 4. The molecule has 1 fully saturated rings. The molecule has 2 aromatic rings. The molecule has 1 aliphatic rings. The number of benzene rings is 1. The zero-order chi connectivity index (χ0) is 17.8. The van der Waals surface area contributed by atoms with Crippen LogP contribution in [0.15, 0.2) is 36.7 Å². The quantitative estimate of drug-likeness (QED) is 0.815. The highest BCUT2D eigenvalue weighted by atomic mass is 35.5. The van der Waals surface area contributed by atoms with E-state index in [0.717, 1.165) is 0 Å². The van der Waals surface area contributed by atoms with Gasteiger partial charge in [-0.25, -0.2) is 9.97 Å². The molecule has 8 heteroatoms. The molecule has 0 unspecified atom stereocenters. The summed E-state index contributed by atoms with van der Waals surface area (Å²) in [7, 11) is 0. The number of piperazine rings is 1. The fourth-order valence-electron chi connectivity index (χ4n) is 2.65. The second-order valence-corrected chi connectivity index (χ2v) is 6.54. The summed E-state index contributed by atoms with van der Waals surface area (Å²) in [6.45, 7) is 4.28. The minimum absolute atomic E-state index is 0.0698. The largest absolute Gasteiger partial charge is 0.479 e. The topological polar surface area (TPSA) is 58.6 Å². The van der Waals surface area contributed by atoms with E-state index in [2.05, 4.69) is 14.9 Å². The predicted molar refractivity (Wildman–Crippen MR) is 97.4 cm³/mol. The summed E-state index contributed by atoms with van der Waals surface area (Å²) in [6, 6.07) is 6.72. The number of halogens is 2. The van der Waals surface area contributed by atoms with E-state index < -0.39 is 6.10 Å². The zero-order valence-corrected chi connectivity index (χ0v) is 15.2. The first-order valence-electron chi connectivity index (χ1n) is 7.97. The Labute approximate surface area is 156 Å². The Morgan fingerprint density at radius 3 is 2.48 bits per heavy atom. The van der Waals surface area contributed by atoms with Crippen molar-refractivity contribution < 1.29 is 9.53 Å². The van der Waals surface area contributed by atoms with E-state index in [1.54, 1.807) is 48.5 Å². The number of anilines is 1. The van der Waals surface area contributed by atoms with Crippen molar-refractivity contribution in [3.05, 3.63) is 46.7 Å². The van der Waals surface area contributed by atoms with Gasteiger partial charge in [0.05, 0.1) is 5.02 Å². The maximum atomic E-state index is 12.6. The van der Waals surface area contributed by atoms with Crippen molar-refractivity contribution in [3.8, 4) is 5.75 Å². The SMILES string of the molecule is C[C@@H](Oc1ccc(Cl)cc1Cl)C(=O)N1CCN(c2ncccn2)CC1. The molecule has 132 valence electrons. The van der Waals surface area contributed by atoms with E-state index in [1.165, 1.54) is 0 Å². The molecule has 0 spiro atoms. The lowest BCUT2D eigenvalue weighted by Gasteiger charge is -2.35. The van der Waals surface area contributed by atoms with Crippen LogP contribution in [0.5, 0.6) is 5.75 Å². The fourth-order valence-corrected chi connectivity index (χ4v) is 3.10. The maximum absolute atomic E-state index is 12.6. The van der Waals surface area contributed by atoms with Gasteiger partial charge >= 0.3 is 0 Å². The standard InChI is InChI=1S/C17H18Cl2N4O2/c1-12(25-15-4-3-13(18)11-14(15)19)16(24)22-7-9-23(10-8-22)17-20-5-2-6-21-17/h2-6,11-12H,7-10H2,1H3/t12-/m1/s1. The molecule has 1 aliphatic heterocycles. The van der Waals surface area contributed by atoms with Crippen LogP contribution in [0.3, 0.4) is 0 Å². The molecule has 0 bridgehead atoms. The van der Waals surface area contributed by atoms with Gasteiger partial charge in [0, 0.05) is 43.6 Å². The van der Waals surface area contributed by atoms with Crippen molar-refractivity contribution in [2.24, 2.45) is 0 Å². The van der Waals surface area contributed by atoms with Crippen molar-refractivity contribution in [1.29, 1.82) is 0 Å². The zero-order valence-electron chi connectivity index (χ0n) is 13.7. The monoisotopic (exact) mass is 380 g/mol. The summed E-state index contributed by atoms with van der Waals surface area (Å²) < 4.78 is 5.71. The smallest absolute Gasteiger partial charge is 0.263 e. The van der Waals surface area contributed by atoms with Gasteiger partial charge in [0.25, 0.3) is 5.91 Å². The van der Waals surface area contributed by atoms with Crippen LogP contribution in [0, 0.1) is 0 Å².